The minimum Gasteiger partial charge on any atom is -0.357 e. The topological polar surface area (TPSA) is 124 Å². The predicted molar refractivity (Wildman–Crippen MR) is 167 cm³/mol. The van der Waals surface area contributed by atoms with E-state index in [2.05, 4.69) is 20.6 Å². The second-order valence-corrected chi connectivity index (χ2v) is 11.4. The Labute approximate surface area is 254 Å². The molecule has 10 heteroatoms. The zero-order valence-electron chi connectivity index (χ0n) is 24.2. The van der Waals surface area contributed by atoms with Gasteiger partial charge in [-0.2, -0.15) is 0 Å². The summed E-state index contributed by atoms with van der Waals surface area (Å²) in [5.41, 5.74) is 4.39. The van der Waals surface area contributed by atoms with E-state index in [0.29, 0.717) is 24.5 Å². The van der Waals surface area contributed by atoms with E-state index >= 15 is 0 Å². The lowest BCUT2D eigenvalue weighted by molar-refractivity contribution is -0.132. The van der Waals surface area contributed by atoms with Crippen molar-refractivity contribution in [1.82, 2.24) is 25.5 Å². The zero-order chi connectivity index (χ0) is 30.5. The summed E-state index contributed by atoms with van der Waals surface area (Å²) in [6, 6.07) is 17.3. The predicted octanol–water partition coefficient (Wildman–Crippen LogP) is 4.27. The van der Waals surface area contributed by atoms with E-state index in [-0.39, 0.29) is 35.4 Å². The van der Waals surface area contributed by atoms with Gasteiger partial charge >= 0.3 is 0 Å². The van der Waals surface area contributed by atoms with Crippen LogP contribution in [0.15, 0.2) is 71.7 Å². The number of H-pyrrole nitrogens is 1. The first-order chi connectivity index (χ1) is 20.7. The van der Waals surface area contributed by atoms with Gasteiger partial charge in [0.25, 0.3) is 5.91 Å². The number of amides is 3. The molecule has 1 atom stereocenters. The van der Waals surface area contributed by atoms with E-state index < -0.39 is 11.9 Å². The Morgan fingerprint density at radius 3 is 2.42 bits per heavy atom. The fraction of sp³-hybridized carbons (Fsp3) is 0.303. The Balaban J connectivity index is 1.15. The number of nitrogens with one attached hydrogen (secondary N) is 3. The number of likely N-dealkylation sites (tertiary alicyclic amines) is 1. The molecule has 0 aliphatic carbocycles. The summed E-state index contributed by atoms with van der Waals surface area (Å²) in [4.78, 5) is 59.5. The number of rotatable bonds is 8. The lowest BCUT2D eigenvalue weighted by Gasteiger charge is -2.33. The van der Waals surface area contributed by atoms with E-state index in [4.69, 9.17) is 11.6 Å². The molecule has 1 fully saturated rings. The van der Waals surface area contributed by atoms with Crippen LogP contribution in [0.3, 0.4) is 0 Å². The average Bonchev–Trinajstić information content (AvgIpc) is 3.01. The van der Waals surface area contributed by atoms with E-state index in [0.717, 1.165) is 46.0 Å². The number of carbonyl (C=O) groups excluding carboxylic acids is 3. The lowest BCUT2D eigenvalue weighted by Crippen LogP contribution is -2.48. The first-order valence-corrected chi connectivity index (χ1v) is 14.7. The van der Waals surface area contributed by atoms with Crippen molar-refractivity contribution in [1.29, 1.82) is 0 Å². The molecule has 3 amide bonds. The van der Waals surface area contributed by atoms with Crippen LogP contribution >= 0.6 is 11.6 Å². The van der Waals surface area contributed by atoms with Crippen LogP contribution in [0.2, 0.25) is 5.02 Å². The van der Waals surface area contributed by atoms with Crippen molar-refractivity contribution in [2.45, 2.75) is 38.6 Å². The number of aromatic nitrogens is 2. The Morgan fingerprint density at radius 2 is 1.74 bits per heavy atom. The third-order valence-electron chi connectivity index (χ3n) is 8.05. The Hall–Kier alpha value is -4.50. The van der Waals surface area contributed by atoms with Crippen molar-refractivity contribution in [2.75, 3.05) is 20.1 Å². The van der Waals surface area contributed by atoms with Gasteiger partial charge in [0.15, 0.2) is 0 Å². The molecule has 3 N–H and O–H groups in total. The Kier molecular flexibility index (Phi) is 9.21. The van der Waals surface area contributed by atoms with E-state index in [9.17, 15) is 19.2 Å². The number of nitrogens with zero attached hydrogens (tertiary/aromatic N) is 2. The molecule has 43 heavy (non-hydrogen) atoms. The summed E-state index contributed by atoms with van der Waals surface area (Å²) in [5.74, 6) is -0.465. The van der Waals surface area contributed by atoms with Crippen molar-refractivity contribution in [2.24, 2.45) is 5.92 Å². The van der Waals surface area contributed by atoms with Crippen LogP contribution < -0.4 is 16.2 Å². The normalized spacial score (nSPS) is 14.3. The first kappa shape index (κ1) is 30.0. The van der Waals surface area contributed by atoms with Crippen LogP contribution in [-0.4, -0.2) is 58.8 Å². The molecule has 9 nitrogen and oxygen atoms in total. The largest absolute Gasteiger partial charge is 0.357 e. The number of aromatic amines is 1. The highest BCUT2D eigenvalue weighted by molar-refractivity contribution is 6.30. The van der Waals surface area contributed by atoms with Crippen LogP contribution in [0, 0.1) is 12.8 Å². The second kappa shape index (κ2) is 13.2. The molecule has 0 unspecified atom stereocenters. The number of hydrogen-bond donors (Lipinski definition) is 3. The van der Waals surface area contributed by atoms with Gasteiger partial charge in [0.2, 0.25) is 17.4 Å². The van der Waals surface area contributed by atoms with Gasteiger partial charge in [-0.05, 0) is 79.1 Å². The van der Waals surface area contributed by atoms with Crippen LogP contribution in [-0.2, 0) is 16.0 Å². The van der Waals surface area contributed by atoms with Gasteiger partial charge in [0.1, 0.15) is 11.7 Å². The molecule has 5 rings (SSSR count). The summed E-state index contributed by atoms with van der Waals surface area (Å²) in [6.07, 6.45) is 3.85. The molecule has 222 valence electrons. The maximum atomic E-state index is 13.1. The fourth-order valence-corrected chi connectivity index (χ4v) is 5.72. The number of likely N-dealkylation sites (N-methyl/N-ethyl adjacent to an activating group) is 1. The smallest absolute Gasteiger partial charge is 0.270 e. The number of aryl methyl sites for hydroxylation is 1. The number of piperidine rings is 1. The molecule has 2 aromatic heterocycles. The summed E-state index contributed by atoms with van der Waals surface area (Å²) in [5, 5.41) is 7.07. The maximum absolute atomic E-state index is 13.1. The number of halogens is 1. The molecular formula is C33H34ClN5O4. The van der Waals surface area contributed by atoms with Crippen LogP contribution in [0.4, 0.5) is 0 Å². The monoisotopic (exact) mass is 599 g/mol. The number of benzene rings is 2. The molecule has 2 aromatic carbocycles. The average molecular weight is 600 g/mol. The van der Waals surface area contributed by atoms with E-state index in [1.54, 1.807) is 37.5 Å². The van der Waals surface area contributed by atoms with Crippen molar-refractivity contribution >= 4 is 40.2 Å². The van der Waals surface area contributed by atoms with Gasteiger partial charge in [-0.1, -0.05) is 35.9 Å². The summed E-state index contributed by atoms with van der Waals surface area (Å²) >= 11 is 5.97. The van der Waals surface area contributed by atoms with Gasteiger partial charge in [-0.3, -0.25) is 24.2 Å². The van der Waals surface area contributed by atoms with E-state index in [1.165, 1.54) is 0 Å². The molecule has 1 aliphatic heterocycles. The lowest BCUT2D eigenvalue weighted by atomic mass is 9.89. The quantitative estimate of drug-likeness (QED) is 0.279. The minimum absolute atomic E-state index is 0.0455. The highest BCUT2D eigenvalue weighted by Crippen LogP contribution is 2.24. The van der Waals surface area contributed by atoms with Crippen molar-refractivity contribution in [3.8, 4) is 11.1 Å². The summed E-state index contributed by atoms with van der Waals surface area (Å²) in [6.45, 7) is 3.06. The maximum Gasteiger partial charge on any atom is 0.270 e. The van der Waals surface area contributed by atoms with Crippen molar-refractivity contribution in [3.05, 3.63) is 99.1 Å². The number of pyridine rings is 2. The van der Waals surface area contributed by atoms with Crippen LogP contribution in [0.25, 0.3) is 22.0 Å². The number of carbonyl (C=O) groups is 3. The summed E-state index contributed by atoms with van der Waals surface area (Å²) in [7, 11) is 1.55. The third kappa shape index (κ3) is 7.29. The molecule has 1 saturated heterocycles. The van der Waals surface area contributed by atoms with Gasteiger partial charge in [-0.25, -0.2) is 0 Å². The van der Waals surface area contributed by atoms with Crippen LogP contribution in [0.1, 0.15) is 40.9 Å². The first-order valence-electron chi connectivity index (χ1n) is 14.3. The van der Waals surface area contributed by atoms with Gasteiger partial charge < -0.3 is 20.5 Å². The summed E-state index contributed by atoms with van der Waals surface area (Å²) < 4.78 is 0. The van der Waals surface area contributed by atoms with Gasteiger partial charge in [-0.15, -0.1) is 0 Å². The van der Waals surface area contributed by atoms with Crippen LogP contribution in [0.5, 0.6) is 0 Å². The fourth-order valence-electron chi connectivity index (χ4n) is 5.60. The van der Waals surface area contributed by atoms with Gasteiger partial charge in [0, 0.05) is 53.9 Å². The van der Waals surface area contributed by atoms with Crippen molar-refractivity contribution in [3.63, 3.8) is 0 Å². The SMILES string of the molecule is CNC(=O)[C@@H](CC1CCN(C(=O)Cc2ccc3[nH]c(=O)cc(C)c3c2)CC1)NC(=O)c1ccc(-c2ccc(Cl)cc2)cn1. The molecule has 0 saturated carbocycles. The zero-order valence-corrected chi connectivity index (χ0v) is 24.9. The number of fused-ring (bicyclic) bond motifs is 1. The molecular weight excluding hydrogens is 566 g/mol. The second-order valence-electron chi connectivity index (χ2n) is 11.0. The minimum atomic E-state index is -0.713. The number of hydrogen-bond acceptors (Lipinski definition) is 5. The third-order valence-corrected chi connectivity index (χ3v) is 8.30. The Morgan fingerprint density at radius 1 is 1.02 bits per heavy atom. The standard InChI is InChI=1S/C33H34ClN5O4/c1-20-15-30(40)37-27-9-3-22(16-26(20)27)18-31(41)39-13-11-21(12-14-39)17-29(32(42)35-2)38-33(43)28-10-6-24(19-36-28)23-4-7-25(34)8-5-23/h3-10,15-16,19,21,29H,11-14,17-18H2,1-2H3,(H,35,42)(H,37,40)(H,38,43)/t29-/m1/s1. The van der Waals surface area contributed by atoms with Gasteiger partial charge in [0.05, 0.1) is 6.42 Å². The molecule has 1 aliphatic rings. The van der Waals surface area contributed by atoms with E-state index in [1.807, 2.05) is 48.2 Å². The molecule has 0 bridgehead atoms. The molecule has 0 spiro atoms. The van der Waals surface area contributed by atoms with Crippen molar-refractivity contribution < 1.29 is 14.4 Å². The highest BCUT2D eigenvalue weighted by Gasteiger charge is 2.29. The Bertz CT molecular complexity index is 1690. The molecule has 3 heterocycles. The molecule has 4 aromatic rings. The molecule has 0 radical (unpaired) electrons. The highest BCUT2D eigenvalue weighted by atomic mass is 35.5.